The molecule has 0 aliphatic carbocycles. The summed E-state index contributed by atoms with van der Waals surface area (Å²) in [4.78, 5) is 38.7. The lowest BCUT2D eigenvalue weighted by Gasteiger charge is -2.34. The molecule has 4 N–H and O–H groups in total. The highest BCUT2D eigenvalue weighted by molar-refractivity contribution is 7.89. The molecule has 2 aromatic rings. The summed E-state index contributed by atoms with van der Waals surface area (Å²) in [6.07, 6.45) is -0.856. The van der Waals surface area contributed by atoms with Crippen LogP contribution in [0.5, 0.6) is 11.5 Å². The minimum atomic E-state index is -4.09. The molecule has 1 aliphatic rings. The number of hydrogen-bond acceptors (Lipinski definition) is 8. The van der Waals surface area contributed by atoms with Crippen molar-refractivity contribution in [2.75, 3.05) is 26.4 Å². The van der Waals surface area contributed by atoms with Crippen LogP contribution in [0.15, 0.2) is 53.4 Å². The van der Waals surface area contributed by atoms with Crippen LogP contribution in [0.4, 0.5) is 0 Å². The van der Waals surface area contributed by atoms with Crippen molar-refractivity contribution in [3.8, 4) is 11.5 Å². The predicted molar refractivity (Wildman–Crippen MR) is 178 cm³/mol. The first-order valence-electron chi connectivity index (χ1n) is 16.0. The van der Waals surface area contributed by atoms with Crippen LogP contribution in [0, 0.1) is 17.3 Å². The summed E-state index contributed by atoms with van der Waals surface area (Å²) in [5.41, 5.74) is 0.0751. The van der Waals surface area contributed by atoms with E-state index in [9.17, 15) is 27.9 Å². The Kier molecular flexibility index (Phi) is 13.2. The molecule has 0 unspecified atom stereocenters. The van der Waals surface area contributed by atoms with E-state index in [1.165, 1.54) is 22.5 Å². The zero-order valence-corrected chi connectivity index (χ0v) is 29.2. The number of hydrogen-bond donors (Lipinski definition) is 4. The standard InChI is InChI=1S/C34H50N4O8S/c1-22(2)15-30(40)35-18-31(41)37-32(34(5,6)7)33(42)36-26(16-24-11-9-8-10-12-24)27(39)20-38(19-23(3)4)47(43,44)25-13-14-28-29(17-25)46-21-45-28/h8-14,17,22-23,26-27,32,39H,15-16,18-21H2,1-7H3,(H,35,40)(H,36,42)(H,37,41)/t26-,27+,32+/m0/s1. The molecule has 0 spiro atoms. The van der Waals surface area contributed by atoms with E-state index in [2.05, 4.69) is 16.0 Å². The maximum atomic E-state index is 13.9. The quantitative estimate of drug-likeness (QED) is 0.211. The van der Waals surface area contributed by atoms with E-state index in [-0.39, 0.29) is 61.9 Å². The number of carbonyl (C=O) groups excluding carboxylic acids is 3. The molecule has 12 nitrogen and oxygen atoms in total. The summed E-state index contributed by atoms with van der Waals surface area (Å²) < 4.78 is 39.7. The Balaban J connectivity index is 1.85. The van der Waals surface area contributed by atoms with E-state index < -0.39 is 45.4 Å². The van der Waals surface area contributed by atoms with Gasteiger partial charge in [0, 0.05) is 25.6 Å². The summed E-state index contributed by atoms with van der Waals surface area (Å²) in [5.74, 6) is -0.524. The van der Waals surface area contributed by atoms with Crippen molar-refractivity contribution >= 4 is 27.7 Å². The fraction of sp³-hybridized carbons (Fsp3) is 0.559. The van der Waals surface area contributed by atoms with Gasteiger partial charge in [0.15, 0.2) is 11.5 Å². The third-order valence-corrected chi connectivity index (χ3v) is 9.33. The molecule has 3 amide bonds. The minimum Gasteiger partial charge on any atom is -0.454 e. The molecule has 0 aromatic heterocycles. The first-order valence-corrected chi connectivity index (χ1v) is 17.4. The van der Waals surface area contributed by atoms with Crippen molar-refractivity contribution in [2.45, 2.75) is 84.4 Å². The predicted octanol–water partition coefficient (Wildman–Crippen LogP) is 2.84. The van der Waals surface area contributed by atoms with Crippen molar-refractivity contribution < 1.29 is 37.4 Å². The first-order chi connectivity index (χ1) is 22.0. The molecular formula is C34H50N4O8S. The van der Waals surface area contributed by atoms with Crippen molar-refractivity contribution in [3.63, 3.8) is 0 Å². The van der Waals surface area contributed by atoms with Gasteiger partial charge in [0.05, 0.1) is 23.6 Å². The number of aliphatic hydroxyl groups is 1. The van der Waals surface area contributed by atoms with Gasteiger partial charge in [-0.2, -0.15) is 4.31 Å². The van der Waals surface area contributed by atoms with Crippen LogP contribution in [0.2, 0.25) is 0 Å². The number of amides is 3. The van der Waals surface area contributed by atoms with Crippen LogP contribution in [-0.2, 0) is 30.8 Å². The Bertz CT molecular complexity index is 1470. The monoisotopic (exact) mass is 674 g/mol. The van der Waals surface area contributed by atoms with Crippen LogP contribution in [0.25, 0.3) is 0 Å². The van der Waals surface area contributed by atoms with Gasteiger partial charge >= 0.3 is 0 Å². The van der Waals surface area contributed by atoms with Gasteiger partial charge in [-0.15, -0.1) is 0 Å². The van der Waals surface area contributed by atoms with E-state index in [0.29, 0.717) is 11.5 Å². The zero-order chi connectivity index (χ0) is 34.9. The fourth-order valence-corrected chi connectivity index (χ4v) is 6.76. The largest absolute Gasteiger partial charge is 0.454 e. The second kappa shape index (κ2) is 16.4. The molecule has 0 radical (unpaired) electrons. The van der Waals surface area contributed by atoms with Crippen LogP contribution < -0.4 is 25.4 Å². The number of ether oxygens (including phenoxy) is 2. The molecule has 3 rings (SSSR count). The van der Waals surface area contributed by atoms with Gasteiger partial charge in [0.1, 0.15) is 6.04 Å². The van der Waals surface area contributed by atoms with Gasteiger partial charge in [-0.1, -0.05) is 78.8 Å². The number of aliphatic hydroxyl groups excluding tert-OH is 1. The lowest BCUT2D eigenvalue weighted by Crippen LogP contribution is -2.59. The Morgan fingerprint density at radius 3 is 2.17 bits per heavy atom. The van der Waals surface area contributed by atoms with E-state index in [4.69, 9.17) is 9.47 Å². The van der Waals surface area contributed by atoms with Gasteiger partial charge in [0.2, 0.25) is 34.5 Å². The van der Waals surface area contributed by atoms with Crippen LogP contribution >= 0.6 is 0 Å². The SMILES string of the molecule is CC(C)CC(=O)NCC(=O)N[C@H](C(=O)N[C@@H](Cc1ccccc1)[C@H](O)CN(CC(C)C)S(=O)(=O)c1ccc2c(c1)OCO2)C(C)(C)C. The summed E-state index contributed by atoms with van der Waals surface area (Å²) >= 11 is 0. The highest BCUT2D eigenvalue weighted by Crippen LogP contribution is 2.35. The van der Waals surface area contributed by atoms with E-state index >= 15 is 0 Å². The van der Waals surface area contributed by atoms with Crippen LogP contribution in [0.3, 0.4) is 0 Å². The Hall–Kier alpha value is -3.68. The summed E-state index contributed by atoms with van der Waals surface area (Å²) in [7, 11) is -4.09. The molecule has 0 saturated carbocycles. The third kappa shape index (κ3) is 11.2. The van der Waals surface area contributed by atoms with Crippen molar-refractivity contribution in [2.24, 2.45) is 17.3 Å². The molecule has 1 aliphatic heterocycles. The number of rotatable bonds is 16. The first kappa shape index (κ1) is 37.8. The van der Waals surface area contributed by atoms with Gasteiger partial charge in [0.25, 0.3) is 0 Å². The molecule has 1 heterocycles. The zero-order valence-electron chi connectivity index (χ0n) is 28.4. The smallest absolute Gasteiger partial charge is 0.243 e. The lowest BCUT2D eigenvalue weighted by molar-refractivity contribution is -0.133. The minimum absolute atomic E-state index is 0.00307. The van der Waals surface area contributed by atoms with E-state index in [0.717, 1.165) is 5.56 Å². The number of carbonyl (C=O) groups is 3. The van der Waals surface area contributed by atoms with Gasteiger partial charge in [-0.3, -0.25) is 14.4 Å². The molecule has 2 aromatic carbocycles. The number of nitrogens with zero attached hydrogens (tertiary/aromatic N) is 1. The molecule has 47 heavy (non-hydrogen) atoms. The van der Waals surface area contributed by atoms with E-state index in [1.54, 1.807) is 20.8 Å². The third-order valence-electron chi connectivity index (χ3n) is 7.51. The summed E-state index contributed by atoms with van der Waals surface area (Å²) in [6, 6.07) is 11.7. The number of nitrogens with one attached hydrogen (secondary N) is 3. The highest BCUT2D eigenvalue weighted by atomic mass is 32.2. The van der Waals surface area contributed by atoms with Gasteiger partial charge in [-0.05, 0) is 41.4 Å². The Morgan fingerprint density at radius 2 is 1.55 bits per heavy atom. The van der Waals surface area contributed by atoms with E-state index in [1.807, 2.05) is 58.0 Å². The summed E-state index contributed by atoms with van der Waals surface area (Å²) in [6.45, 7) is 12.4. The molecular weight excluding hydrogens is 624 g/mol. The Labute approximate surface area is 278 Å². The molecule has 3 atom stereocenters. The second-order valence-electron chi connectivity index (χ2n) is 13.8. The highest BCUT2D eigenvalue weighted by Gasteiger charge is 2.37. The molecule has 13 heteroatoms. The summed E-state index contributed by atoms with van der Waals surface area (Å²) in [5, 5.41) is 19.9. The molecule has 0 fully saturated rings. The molecule has 260 valence electrons. The van der Waals surface area contributed by atoms with Crippen molar-refractivity contribution in [1.29, 1.82) is 0 Å². The molecule has 0 saturated heterocycles. The maximum Gasteiger partial charge on any atom is 0.243 e. The topological polar surface area (TPSA) is 163 Å². The Morgan fingerprint density at radius 1 is 0.894 bits per heavy atom. The maximum absolute atomic E-state index is 13.9. The number of benzene rings is 2. The normalized spacial score (nSPS) is 15.0. The fourth-order valence-electron chi connectivity index (χ4n) is 5.13. The second-order valence-corrected chi connectivity index (χ2v) is 15.8. The van der Waals surface area contributed by atoms with Crippen molar-refractivity contribution in [1.82, 2.24) is 20.3 Å². The van der Waals surface area contributed by atoms with Crippen LogP contribution in [0.1, 0.15) is 60.5 Å². The van der Waals surface area contributed by atoms with Gasteiger partial charge < -0.3 is 30.5 Å². The van der Waals surface area contributed by atoms with Gasteiger partial charge in [-0.25, -0.2) is 8.42 Å². The lowest BCUT2D eigenvalue weighted by atomic mass is 9.85. The average molecular weight is 675 g/mol. The molecule has 0 bridgehead atoms. The average Bonchev–Trinajstić information content (AvgIpc) is 3.45. The van der Waals surface area contributed by atoms with Crippen molar-refractivity contribution in [3.05, 3.63) is 54.1 Å². The van der Waals surface area contributed by atoms with Crippen LogP contribution in [-0.4, -0.2) is 80.2 Å². The number of sulfonamides is 1. The number of fused-ring (bicyclic) bond motifs is 1.